The summed E-state index contributed by atoms with van der Waals surface area (Å²) < 4.78 is 11.2. The van der Waals surface area contributed by atoms with Crippen LogP contribution in [0.2, 0.25) is 0 Å². The number of hydrogen-bond donors (Lipinski definition) is 3. The van der Waals surface area contributed by atoms with E-state index in [1.807, 2.05) is 30.3 Å². The zero-order valence-electron chi connectivity index (χ0n) is 16.2. The number of carbonyl (C=O) groups excluding carboxylic acids is 2. The van der Waals surface area contributed by atoms with Crippen molar-refractivity contribution in [3.8, 4) is 5.75 Å². The van der Waals surface area contributed by atoms with E-state index in [1.165, 1.54) is 7.11 Å². The van der Waals surface area contributed by atoms with Crippen LogP contribution in [0.4, 0.5) is 5.69 Å². The smallest absolute Gasteiger partial charge is 0.313 e. The number of aliphatic hydroxyl groups is 1. The maximum Gasteiger partial charge on any atom is 0.313 e. The Morgan fingerprint density at radius 3 is 2.47 bits per heavy atom. The number of rotatable bonds is 5. The van der Waals surface area contributed by atoms with Gasteiger partial charge in [-0.05, 0) is 17.7 Å². The summed E-state index contributed by atoms with van der Waals surface area (Å²) in [6.07, 6.45) is -0.913. The summed E-state index contributed by atoms with van der Waals surface area (Å²) >= 11 is 0. The molecule has 30 heavy (non-hydrogen) atoms. The Morgan fingerprint density at radius 2 is 1.70 bits per heavy atom. The largest absolute Gasteiger partial charge is 0.495 e. The van der Waals surface area contributed by atoms with Gasteiger partial charge in [-0.1, -0.05) is 48.5 Å². The van der Waals surface area contributed by atoms with Gasteiger partial charge < -0.3 is 24.9 Å². The standard InChI is InChI=1S/C23H20N2O5/c1-29-21-11-16-15-9-5-6-10-19(15)30-20(16)12-17(21)25-23(28)22(27)24-13-18(26)14-7-3-2-4-8-14/h2-12,18,26H,13H2,1H3,(H,24,27)(H,25,28). The Morgan fingerprint density at radius 1 is 0.967 bits per heavy atom. The van der Waals surface area contributed by atoms with Crippen LogP contribution in [0.1, 0.15) is 11.7 Å². The summed E-state index contributed by atoms with van der Waals surface area (Å²) in [6, 6.07) is 19.8. The van der Waals surface area contributed by atoms with Gasteiger partial charge in [0.05, 0.1) is 18.9 Å². The normalized spacial score (nSPS) is 11.9. The quantitative estimate of drug-likeness (QED) is 0.443. The summed E-state index contributed by atoms with van der Waals surface area (Å²) in [5.74, 6) is -1.33. The van der Waals surface area contributed by atoms with Crippen molar-refractivity contribution in [3.63, 3.8) is 0 Å². The van der Waals surface area contributed by atoms with Crippen LogP contribution in [0.5, 0.6) is 5.75 Å². The van der Waals surface area contributed by atoms with Crippen LogP contribution in [0, 0.1) is 0 Å². The second kappa shape index (κ2) is 8.26. The lowest BCUT2D eigenvalue weighted by Gasteiger charge is -2.13. The fourth-order valence-corrected chi connectivity index (χ4v) is 3.26. The topological polar surface area (TPSA) is 101 Å². The highest BCUT2D eigenvalue weighted by Gasteiger charge is 2.19. The number of anilines is 1. The molecule has 7 nitrogen and oxygen atoms in total. The van der Waals surface area contributed by atoms with E-state index in [2.05, 4.69) is 10.6 Å². The van der Waals surface area contributed by atoms with Crippen molar-refractivity contribution in [2.24, 2.45) is 0 Å². The monoisotopic (exact) mass is 404 g/mol. The molecule has 1 unspecified atom stereocenters. The Bertz CT molecular complexity index is 1220. The van der Waals surface area contributed by atoms with Crippen molar-refractivity contribution in [1.82, 2.24) is 5.32 Å². The highest BCUT2D eigenvalue weighted by Crippen LogP contribution is 2.36. The molecule has 0 spiro atoms. The van der Waals surface area contributed by atoms with Gasteiger partial charge in [0.1, 0.15) is 16.9 Å². The predicted octanol–water partition coefficient (Wildman–Crippen LogP) is 3.38. The Labute approximate surface area is 172 Å². The average molecular weight is 404 g/mol. The van der Waals surface area contributed by atoms with E-state index in [9.17, 15) is 14.7 Å². The van der Waals surface area contributed by atoms with Gasteiger partial charge in [0, 0.05) is 23.4 Å². The SMILES string of the molecule is COc1cc2c(cc1NC(=O)C(=O)NCC(O)c1ccccc1)oc1ccccc12. The lowest BCUT2D eigenvalue weighted by Crippen LogP contribution is -2.37. The van der Waals surface area contributed by atoms with Crippen LogP contribution in [0.25, 0.3) is 21.9 Å². The predicted molar refractivity (Wildman–Crippen MR) is 113 cm³/mol. The molecule has 1 atom stereocenters. The van der Waals surface area contributed by atoms with E-state index in [4.69, 9.17) is 9.15 Å². The molecular weight excluding hydrogens is 384 g/mol. The third-order valence-electron chi connectivity index (χ3n) is 4.79. The number of fused-ring (bicyclic) bond motifs is 3. The van der Waals surface area contributed by atoms with Gasteiger partial charge in [-0.2, -0.15) is 0 Å². The van der Waals surface area contributed by atoms with Crippen molar-refractivity contribution in [3.05, 3.63) is 72.3 Å². The van der Waals surface area contributed by atoms with Gasteiger partial charge in [0.25, 0.3) is 0 Å². The first-order valence-corrected chi connectivity index (χ1v) is 9.38. The fourth-order valence-electron chi connectivity index (χ4n) is 3.26. The van der Waals surface area contributed by atoms with E-state index in [-0.39, 0.29) is 6.54 Å². The maximum atomic E-state index is 12.3. The number of nitrogens with one attached hydrogen (secondary N) is 2. The summed E-state index contributed by atoms with van der Waals surface area (Å²) in [5.41, 5.74) is 2.24. The molecule has 2 amide bonds. The Balaban J connectivity index is 1.49. The second-order valence-electron chi connectivity index (χ2n) is 6.74. The van der Waals surface area contributed by atoms with E-state index in [1.54, 1.807) is 36.4 Å². The van der Waals surface area contributed by atoms with Crippen LogP contribution in [0.3, 0.4) is 0 Å². The molecule has 0 bridgehead atoms. The summed E-state index contributed by atoms with van der Waals surface area (Å²) in [6.45, 7) is -0.0873. The second-order valence-corrected chi connectivity index (χ2v) is 6.74. The van der Waals surface area contributed by atoms with Gasteiger partial charge >= 0.3 is 11.8 Å². The fraction of sp³-hybridized carbons (Fsp3) is 0.130. The van der Waals surface area contributed by atoms with Crippen LogP contribution < -0.4 is 15.4 Å². The number of para-hydroxylation sites is 1. The van der Waals surface area contributed by atoms with Gasteiger partial charge in [0.2, 0.25) is 0 Å². The molecule has 0 fully saturated rings. The van der Waals surface area contributed by atoms with Gasteiger partial charge in [-0.3, -0.25) is 9.59 Å². The third kappa shape index (κ3) is 3.83. The first kappa shape index (κ1) is 19.5. The number of methoxy groups -OCH3 is 1. The molecule has 0 aliphatic rings. The molecule has 1 aromatic heterocycles. The molecule has 0 aliphatic carbocycles. The van der Waals surface area contributed by atoms with Gasteiger partial charge in [0.15, 0.2) is 0 Å². The van der Waals surface area contributed by atoms with Crippen molar-refractivity contribution in [2.45, 2.75) is 6.10 Å². The molecular formula is C23H20N2O5. The van der Waals surface area contributed by atoms with Crippen LogP contribution >= 0.6 is 0 Å². The number of amides is 2. The zero-order valence-corrected chi connectivity index (χ0v) is 16.2. The number of carbonyl (C=O) groups is 2. The first-order valence-electron chi connectivity index (χ1n) is 9.38. The van der Waals surface area contributed by atoms with Crippen LogP contribution in [0.15, 0.2) is 71.1 Å². The molecule has 7 heteroatoms. The zero-order chi connectivity index (χ0) is 21.1. The van der Waals surface area contributed by atoms with Crippen molar-refractivity contribution in [1.29, 1.82) is 0 Å². The lowest BCUT2D eigenvalue weighted by molar-refractivity contribution is -0.136. The van der Waals surface area contributed by atoms with Crippen molar-refractivity contribution in [2.75, 3.05) is 19.0 Å². The van der Waals surface area contributed by atoms with Crippen molar-refractivity contribution >= 4 is 39.4 Å². The Kier molecular flexibility index (Phi) is 5.36. The van der Waals surface area contributed by atoms with Gasteiger partial charge in [-0.15, -0.1) is 0 Å². The van der Waals surface area contributed by atoms with E-state index in [0.29, 0.717) is 28.2 Å². The number of hydrogen-bond acceptors (Lipinski definition) is 5. The number of ether oxygens (including phenoxy) is 1. The molecule has 4 aromatic rings. The van der Waals surface area contributed by atoms with Crippen molar-refractivity contribution < 1.29 is 23.8 Å². The van der Waals surface area contributed by atoms with Crippen LogP contribution in [-0.4, -0.2) is 30.6 Å². The maximum absolute atomic E-state index is 12.3. The minimum atomic E-state index is -0.913. The average Bonchev–Trinajstić information content (AvgIpc) is 3.14. The minimum Gasteiger partial charge on any atom is -0.495 e. The molecule has 3 N–H and O–H groups in total. The van der Waals surface area contributed by atoms with E-state index >= 15 is 0 Å². The lowest BCUT2D eigenvalue weighted by atomic mass is 10.1. The van der Waals surface area contributed by atoms with E-state index < -0.39 is 17.9 Å². The molecule has 3 aromatic carbocycles. The highest BCUT2D eigenvalue weighted by atomic mass is 16.5. The first-order chi connectivity index (χ1) is 14.6. The summed E-state index contributed by atoms with van der Waals surface area (Å²) in [5, 5.41) is 16.9. The minimum absolute atomic E-state index is 0.0873. The number of aliphatic hydroxyl groups excluding tert-OH is 1. The number of benzene rings is 3. The van der Waals surface area contributed by atoms with E-state index in [0.717, 1.165) is 10.8 Å². The Hall–Kier alpha value is -3.84. The molecule has 0 aliphatic heterocycles. The third-order valence-corrected chi connectivity index (χ3v) is 4.79. The molecule has 4 rings (SSSR count). The molecule has 152 valence electrons. The number of furan rings is 1. The van der Waals surface area contributed by atoms with Gasteiger partial charge in [-0.25, -0.2) is 0 Å². The highest BCUT2D eigenvalue weighted by molar-refractivity contribution is 6.39. The van der Waals surface area contributed by atoms with Crippen LogP contribution in [-0.2, 0) is 9.59 Å². The molecule has 1 heterocycles. The molecule has 0 radical (unpaired) electrons. The summed E-state index contributed by atoms with van der Waals surface area (Å²) in [7, 11) is 1.48. The molecule has 0 saturated heterocycles. The molecule has 0 saturated carbocycles. The summed E-state index contributed by atoms with van der Waals surface area (Å²) in [4.78, 5) is 24.5.